The number of sulfonamides is 1. The van der Waals surface area contributed by atoms with Gasteiger partial charge in [0.2, 0.25) is 5.13 Å². The fourth-order valence-electron chi connectivity index (χ4n) is 1.40. The molecule has 0 aliphatic heterocycles. The van der Waals surface area contributed by atoms with E-state index in [1.165, 1.54) is 22.7 Å². The monoisotopic (exact) mass is 304 g/mol. The highest BCUT2D eigenvalue weighted by Crippen LogP contribution is 2.27. The summed E-state index contributed by atoms with van der Waals surface area (Å²) in [5.41, 5.74) is 5.51. The van der Waals surface area contributed by atoms with Crippen molar-refractivity contribution in [3.63, 3.8) is 0 Å². The quantitative estimate of drug-likeness (QED) is 0.891. The number of nitrogens with zero attached hydrogens (tertiary/aromatic N) is 2. The summed E-state index contributed by atoms with van der Waals surface area (Å²) in [6, 6.07) is 1.59. The van der Waals surface area contributed by atoms with Crippen LogP contribution in [0.15, 0.2) is 11.0 Å². The zero-order valence-electron chi connectivity index (χ0n) is 9.80. The molecule has 2 aromatic rings. The van der Waals surface area contributed by atoms with Crippen LogP contribution in [0.5, 0.6) is 0 Å². The van der Waals surface area contributed by atoms with Crippen molar-refractivity contribution in [2.24, 2.45) is 5.73 Å². The first-order valence-electron chi connectivity index (χ1n) is 5.04. The summed E-state index contributed by atoms with van der Waals surface area (Å²) in [6.07, 6.45) is 0. The van der Waals surface area contributed by atoms with E-state index in [9.17, 15) is 8.42 Å². The van der Waals surface area contributed by atoms with Crippen molar-refractivity contribution in [1.29, 1.82) is 0 Å². The number of aromatic nitrogens is 2. The van der Waals surface area contributed by atoms with Crippen LogP contribution in [-0.4, -0.2) is 18.6 Å². The molecule has 6 nitrogen and oxygen atoms in total. The number of hydrogen-bond donors (Lipinski definition) is 2. The molecule has 98 valence electrons. The molecule has 18 heavy (non-hydrogen) atoms. The summed E-state index contributed by atoms with van der Waals surface area (Å²) in [5, 5.41) is 8.48. The molecule has 0 spiro atoms. The molecule has 0 bridgehead atoms. The van der Waals surface area contributed by atoms with E-state index < -0.39 is 10.0 Å². The molecule has 0 radical (unpaired) electrons. The summed E-state index contributed by atoms with van der Waals surface area (Å²) in [6.45, 7) is 3.85. The molecule has 9 heteroatoms. The number of nitrogens with one attached hydrogen (secondary N) is 1. The predicted molar refractivity (Wildman–Crippen MR) is 72.4 cm³/mol. The van der Waals surface area contributed by atoms with E-state index in [-0.39, 0.29) is 10.0 Å². The average molecular weight is 304 g/mol. The summed E-state index contributed by atoms with van der Waals surface area (Å²) >= 11 is 2.57. The van der Waals surface area contributed by atoms with Gasteiger partial charge in [-0.25, -0.2) is 8.42 Å². The minimum Gasteiger partial charge on any atom is -0.326 e. The average Bonchev–Trinajstić information content (AvgIpc) is 2.84. The molecule has 2 rings (SSSR count). The second kappa shape index (κ2) is 4.92. The summed E-state index contributed by atoms with van der Waals surface area (Å²) < 4.78 is 26.7. The van der Waals surface area contributed by atoms with Crippen molar-refractivity contribution >= 4 is 37.8 Å². The summed E-state index contributed by atoms with van der Waals surface area (Å²) in [4.78, 5) is 1.80. The largest absolute Gasteiger partial charge is 0.326 e. The maximum Gasteiger partial charge on any atom is 0.264 e. The Hall–Kier alpha value is -1.03. The van der Waals surface area contributed by atoms with Crippen LogP contribution in [0.1, 0.15) is 14.8 Å². The van der Waals surface area contributed by atoms with E-state index in [2.05, 4.69) is 14.9 Å². The lowest BCUT2D eigenvalue weighted by Crippen LogP contribution is -2.13. The standard InChI is InChI=1S/C9H12N4O2S3/c1-5-8(3-7(4-10)16-5)18(14,15)13-9-12-11-6(2)17-9/h3H,4,10H2,1-2H3,(H,12,13). The molecule has 0 aliphatic rings. The van der Waals surface area contributed by atoms with Gasteiger partial charge in [0.25, 0.3) is 10.0 Å². The minimum absolute atomic E-state index is 0.251. The predicted octanol–water partition coefficient (Wildman–Crippen LogP) is 1.48. The molecular weight excluding hydrogens is 292 g/mol. The van der Waals surface area contributed by atoms with Gasteiger partial charge >= 0.3 is 0 Å². The number of thiophene rings is 1. The molecule has 0 amide bonds. The lowest BCUT2D eigenvalue weighted by atomic mass is 10.4. The van der Waals surface area contributed by atoms with Gasteiger partial charge in [-0.15, -0.1) is 21.5 Å². The van der Waals surface area contributed by atoms with Gasteiger partial charge in [-0.2, -0.15) is 0 Å². The normalized spacial score (nSPS) is 11.7. The zero-order valence-corrected chi connectivity index (χ0v) is 12.2. The maximum absolute atomic E-state index is 12.2. The van der Waals surface area contributed by atoms with Crippen LogP contribution in [0.25, 0.3) is 0 Å². The van der Waals surface area contributed by atoms with Crippen molar-refractivity contribution < 1.29 is 8.42 Å². The molecule has 0 fully saturated rings. The van der Waals surface area contributed by atoms with Crippen molar-refractivity contribution in [3.05, 3.63) is 20.8 Å². The van der Waals surface area contributed by atoms with Crippen LogP contribution in [0, 0.1) is 13.8 Å². The second-order valence-electron chi connectivity index (χ2n) is 3.57. The molecule has 2 heterocycles. The molecule has 0 aliphatic carbocycles. The molecule has 3 N–H and O–H groups in total. The lowest BCUT2D eigenvalue weighted by Gasteiger charge is -2.02. The summed E-state index contributed by atoms with van der Waals surface area (Å²) in [5.74, 6) is 0. The highest BCUT2D eigenvalue weighted by atomic mass is 32.2. The van der Waals surface area contributed by atoms with Crippen LogP contribution in [-0.2, 0) is 16.6 Å². The highest BCUT2D eigenvalue weighted by Gasteiger charge is 2.21. The Bertz CT molecular complexity index is 659. The van der Waals surface area contributed by atoms with Gasteiger partial charge in [0.15, 0.2) is 0 Å². The van der Waals surface area contributed by atoms with Crippen LogP contribution >= 0.6 is 22.7 Å². The Balaban J connectivity index is 2.33. The van der Waals surface area contributed by atoms with Crippen LogP contribution in [0.2, 0.25) is 0 Å². The van der Waals surface area contributed by atoms with Gasteiger partial charge in [0.05, 0.1) is 0 Å². The number of anilines is 1. The van der Waals surface area contributed by atoms with Crippen LogP contribution in [0.3, 0.4) is 0 Å². The van der Waals surface area contributed by atoms with E-state index in [0.717, 1.165) is 4.88 Å². The maximum atomic E-state index is 12.2. The SMILES string of the molecule is Cc1nnc(NS(=O)(=O)c2cc(CN)sc2C)s1. The van der Waals surface area contributed by atoms with Gasteiger partial charge in [0, 0.05) is 16.3 Å². The van der Waals surface area contributed by atoms with Crippen molar-refractivity contribution in [1.82, 2.24) is 10.2 Å². The fourth-order valence-corrected chi connectivity index (χ4v) is 4.74. The highest BCUT2D eigenvalue weighted by molar-refractivity contribution is 7.93. The van der Waals surface area contributed by atoms with E-state index in [4.69, 9.17) is 5.73 Å². The van der Waals surface area contributed by atoms with E-state index in [1.807, 2.05) is 0 Å². The zero-order chi connectivity index (χ0) is 13.3. The van der Waals surface area contributed by atoms with E-state index in [1.54, 1.807) is 19.9 Å². The third kappa shape index (κ3) is 2.69. The number of rotatable bonds is 4. The Kier molecular flexibility index (Phi) is 3.66. The molecular formula is C9H12N4O2S3. The molecule has 0 atom stereocenters. The van der Waals surface area contributed by atoms with Crippen molar-refractivity contribution in [2.45, 2.75) is 25.3 Å². The Morgan fingerprint density at radius 3 is 2.56 bits per heavy atom. The lowest BCUT2D eigenvalue weighted by molar-refractivity contribution is 0.601. The van der Waals surface area contributed by atoms with Gasteiger partial charge in [-0.3, -0.25) is 4.72 Å². The smallest absolute Gasteiger partial charge is 0.264 e. The third-order valence-electron chi connectivity index (χ3n) is 2.16. The summed E-state index contributed by atoms with van der Waals surface area (Å²) in [7, 11) is -3.61. The van der Waals surface area contributed by atoms with Gasteiger partial charge in [-0.05, 0) is 19.9 Å². The Morgan fingerprint density at radius 1 is 1.33 bits per heavy atom. The van der Waals surface area contributed by atoms with Crippen LogP contribution < -0.4 is 10.5 Å². The van der Waals surface area contributed by atoms with Gasteiger partial charge < -0.3 is 5.73 Å². The topological polar surface area (TPSA) is 98.0 Å². The van der Waals surface area contributed by atoms with Crippen LogP contribution in [0.4, 0.5) is 5.13 Å². The second-order valence-corrected chi connectivity index (χ2v) is 7.74. The molecule has 0 saturated heterocycles. The first-order chi connectivity index (χ1) is 8.42. The minimum atomic E-state index is -3.61. The number of hydrogen-bond acceptors (Lipinski definition) is 7. The third-order valence-corrected chi connectivity index (χ3v) is 5.71. The Morgan fingerprint density at radius 2 is 2.06 bits per heavy atom. The number of nitrogens with two attached hydrogens (primary N) is 1. The van der Waals surface area contributed by atoms with Crippen molar-refractivity contribution in [3.8, 4) is 0 Å². The fraction of sp³-hybridized carbons (Fsp3) is 0.333. The van der Waals surface area contributed by atoms with E-state index >= 15 is 0 Å². The molecule has 0 saturated carbocycles. The van der Waals surface area contributed by atoms with Gasteiger partial charge in [-0.1, -0.05) is 11.3 Å². The van der Waals surface area contributed by atoms with E-state index in [0.29, 0.717) is 16.4 Å². The van der Waals surface area contributed by atoms with Gasteiger partial charge in [0.1, 0.15) is 9.90 Å². The first-order valence-corrected chi connectivity index (χ1v) is 8.16. The Labute approximate surface area is 113 Å². The molecule has 2 aromatic heterocycles. The molecule has 0 aromatic carbocycles. The number of aryl methyl sites for hydroxylation is 2. The first kappa shape index (κ1) is 13.4. The molecule has 0 unspecified atom stereocenters. The van der Waals surface area contributed by atoms with Crippen molar-refractivity contribution in [2.75, 3.05) is 4.72 Å².